The van der Waals surface area contributed by atoms with Crippen molar-refractivity contribution in [3.8, 4) is 11.1 Å². The Morgan fingerprint density at radius 1 is 0.962 bits per heavy atom. The summed E-state index contributed by atoms with van der Waals surface area (Å²) in [6.45, 7) is 2.55. The predicted molar refractivity (Wildman–Crippen MR) is 102 cm³/mol. The second-order valence-electron chi connectivity index (χ2n) is 6.25. The molecule has 0 spiro atoms. The third-order valence-electron chi connectivity index (χ3n) is 4.63. The molecule has 0 fully saturated rings. The highest BCUT2D eigenvalue weighted by Crippen LogP contribution is 2.27. The Bertz CT molecular complexity index is 1100. The Labute approximate surface area is 151 Å². The highest BCUT2D eigenvalue weighted by molar-refractivity contribution is 6.01. The van der Waals surface area contributed by atoms with Gasteiger partial charge in [-0.05, 0) is 35.7 Å². The summed E-state index contributed by atoms with van der Waals surface area (Å²) in [5, 5.41) is 9.42. The molecule has 4 nitrogen and oxygen atoms in total. The third kappa shape index (κ3) is 2.75. The fourth-order valence-corrected chi connectivity index (χ4v) is 3.36. The van der Waals surface area contributed by atoms with Gasteiger partial charge in [0.05, 0.1) is 11.1 Å². The molecule has 0 amide bonds. The van der Waals surface area contributed by atoms with E-state index < -0.39 is 5.97 Å². The number of rotatable bonds is 4. The van der Waals surface area contributed by atoms with E-state index >= 15 is 0 Å². The fraction of sp³-hybridized carbons (Fsp3) is 0.0909. The van der Waals surface area contributed by atoms with Crippen LogP contribution in [0, 0.1) is 6.92 Å². The van der Waals surface area contributed by atoms with E-state index in [9.17, 15) is 9.90 Å². The molecule has 3 aromatic carbocycles. The lowest BCUT2D eigenvalue weighted by molar-refractivity contribution is 0.0699. The summed E-state index contributed by atoms with van der Waals surface area (Å²) in [5.74, 6) is -0.151. The molecule has 1 heterocycles. The Kier molecular flexibility index (Phi) is 4.01. The number of benzene rings is 3. The van der Waals surface area contributed by atoms with Crippen LogP contribution in [-0.2, 0) is 6.54 Å². The van der Waals surface area contributed by atoms with Crippen molar-refractivity contribution in [3.05, 3.63) is 89.7 Å². The van der Waals surface area contributed by atoms with Crippen molar-refractivity contribution in [2.45, 2.75) is 13.5 Å². The number of aryl methyl sites for hydroxylation is 1. The Hall–Kier alpha value is -3.40. The quantitative estimate of drug-likeness (QED) is 0.582. The summed E-state index contributed by atoms with van der Waals surface area (Å²) >= 11 is 0. The van der Waals surface area contributed by atoms with Gasteiger partial charge < -0.3 is 9.67 Å². The lowest BCUT2D eigenvalue weighted by Crippen LogP contribution is -2.04. The summed E-state index contributed by atoms with van der Waals surface area (Å²) in [6.07, 6.45) is 0. The number of fused-ring (bicyclic) bond motifs is 1. The molecule has 0 aliphatic heterocycles. The molecule has 0 aliphatic rings. The summed E-state index contributed by atoms with van der Waals surface area (Å²) in [4.78, 5) is 16.0. The molecule has 0 aliphatic carbocycles. The van der Waals surface area contributed by atoms with Crippen molar-refractivity contribution in [2.75, 3.05) is 0 Å². The molecule has 0 saturated heterocycles. The summed E-state index contributed by atoms with van der Waals surface area (Å²) < 4.78 is 2.07. The first-order chi connectivity index (χ1) is 12.6. The molecule has 0 unspecified atom stereocenters. The molecule has 4 heteroatoms. The van der Waals surface area contributed by atoms with Crippen LogP contribution in [0.4, 0.5) is 0 Å². The Morgan fingerprint density at radius 2 is 1.69 bits per heavy atom. The van der Waals surface area contributed by atoms with E-state index in [2.05, 4.69) is 33.8 Å². The number of carbonyl (C=O) groups is 1. The lowest BCUT2D eigenvalue weighted by atomic mass is 9.99. The van der Waals surface area contributed by atoms with Crippen LogP contribution < -0.4 is 0 Å². The van der Waals surface area contributed by atoms with Gasteiger partial charge in [0.15, 0.2) is 0 Å². The van der Waals surface area contributed by atoms with E-state index in [1.54, 1.807) is 12.1 Å². The van der Waals surface area contributed by atoms with Crippen molar-refractivity contribution in [3.63, 3.8) is 0 Å². The van der Waals surface area contributed by atoms with E-state index in [1.165, 1.54) is 11.1 Å². The van der Waals surface area contributed by atoms with Crippen LogP contribution in [0.2, 0.25) is 0 Å². The van der Waals surface area contributed by atoms with E-state index in [0.29, 0.717) is 12.1 Å². The monoisotopic (exact) mass is 342 g/mol. The lowest BCUT2D eigenvalue weighted by Gasteiger charge is -2.12. The van der Waals surface area contributed by atoms with Gasteiger partial charge in [-0.2, -0.15) is 0 Å². The molecule has 128 valence electrons. The van der Waals surface area contributed by atoms with Gasteiger partial charge >= 0.3 is 5.97 Å². The number of aromatic carboxylic acids is 1. The van der Waals surface area contributed by atoms with Gasteiger partial charge in [-0.15, -0.1) is 0 Å². The van der Waals surface area contributed by atoms with E-state index in [0.717, 1.165) is 16.9 Å². The highest BCUT2D eigenvalue weighted by Gasteiger charge is 2.16. The van der Waals surface area contributed by atoms with Crippen LogP contribution in [0.15, 0.2) is 72.8 Å². The molecule has 1 aromatic heterocycles. The largest absolute Gasteiger partial charge is 0.478 e. The van der Waals surface area contributed by atoms with Crippen molar-refractivity contribution in [2.24, 2.45) is 0 Å². The van der Waals surface area contributed by atoms with Crippen molar-refractivity contribution in [1.29, 1.82) is 0 Å². The zero-order valence-electron chi connectivity index (χ0n) is 14.4. The average Bonchev–Trinajstić information content (AvgIpc) is 2.98. The normalized spacial score (nSPS) is 11.0. The van der Waals surface area contributed by atoms with E-state index in [-0.39, 0.29) is 5.56 Å². The van der Waals surface area contributed by atoms with Crippen LogP contribution >= 0.6 is 0 Å². The maximum absolute atomic E-state index is 11.5. The molecule has 1 N–H and O–H groups in total. The van der Waals surface area contributed by atoms with Crippen molar-refractivity contribution >= 4 is 17.0 Å². The van der Waals surface area contributed by atoms with Gasteiger partial charge in [-0.25, -0.2) is 9.78 Å². The molecule has 4 aromatic rings. The van der Waals surface area contributed by atoms with Crippen molar-refractivity contribution in [1.82, 2.24) is 9.55 Å². The van der Waals surface area contributed by atoms with Crippen LogP contribution in [0.5, 0.6) is 0 Å². The third-order valence-corrected chi connectivity index (χ3v) is 4.63. The Balaban J connectivity index is 1.84. The summed E-state index contributed by atoms with van der Waals surface area (Å²) in [7, 11) is 0. The number of carboxylic acids is 1. The number of hydrogen-bond acceptors (Lipinski definition) is 2. The van der Waals surface area contributed by atoms with E-state index in [1.807, 2.05) is 43.3 Å². The maximum Gasteiger partial charge on any atom is 0.337 e. The molecule has 0 radical (unpaired) electrons. The Morgan fingerprint density at radius 3 is 2.46 bits per heavy atom. The number of hydrogen-bond donors (Lipinski definition) is 1. The number of para-hydroxylation sites is 1. The highest BCUT2D eigenvalue weighted by atomic mass is 16.4. The zero-order valence-corrected chi connectivity index (χ0v) is 14.4. The topological polar surface area (TPSA) is 55.1 Å². The van der Waals surface area contributed by atoms with Crippen LogP contribution in [0.3, 0.4) is 0 Å². The SMILES string of the molecule is Cc1nc2c(C(=O)O)cccc2n1Cc1ccccc1-c1ccccc1. The minimum absolute atomic E-state index is 0.237. The molecule has 0 atom stereocenters. The summed E-state index contributed by atoms with van der Waals surface area (Å²) in [6, 6.07) is 23.8. The van der Waals surface area contributed by atoms with Crippen LogP contribution in [-0.4, -0.2) is 20.6 Å². The minimum Gasteiger partial charge on any atom is -0.478 e. The van der Waals surface area contributed by atoms with Gasteiger partial charge in [-0.3, -0.25) is 0 Å². The first-order valence-electron chi connectivity index (χ1n) is 8.47. The molecular formula is C22H18N2O2. The van der Waals surface area contributed by atoms with Crippen LogP contribution in [0.25, 0.3) is 22.2 Å². The first kappa shape index (κ1) is 16.1. The average molecular weight is 342 g/mol. The standard InChI is InChI=1S/C22H18N2O2/c1-15-23-21-19(22(25)26)12-7-13-20(21)24(15)14-17-10-5-6-11-18(17)16-8-3-2-4-9-16/h2-13H,14H2,1H3,(H,25,26). The molecular weight excluding hydrogens is 324 g/mol. The number of carboxylic acid groups (broad SMARTS) is 1. The minimum atomic E-state index is -0.954. The van der Waals surface area contributed by atoms with Gasteiger partial charge in [0, 0.05) is 6.54 Å². The summed E-state index contributed by atoms with van der Waals surface area (Å²) in [5.41, 5.74) is 5.11. The number of nitrogens with zero attached hydrogens (tertiary/aromatic N) is 2. The smallest absolute Gasteiger partial charge is 0.337 e. The van der Waals surface area contributed by atoms with Crippen molar-refractivity contribution < 1.29 is 9.90 Å². The number of imidazole rings is 1. The second kappa shape index (κ2) is 6.48. The second-order valence-corrected chi connectivity index (χ2v) is 6.25. The van der Waals surface area contributed by atoms with Gasteiger partial charge in [0.1, 0.15) is 11.3 Å². The molecule has 0 bridgehead atoms. The van der Waals surface area contributed by atoms with Gasteiger partial charge in [0.25, 0.3) is 0 Å². The van der Waals surface area contributed by atoms with Gasteiger partial charge in [0.2, 0.25) is 0 Å². The fourth-order valence-electron chi connectivity index (χ4n) is 3.36. The van der Waals surface area contributed by atoms with Gasteiger partial charge in [-0.1, -0.05) is 60.7 Å². The number of aromatic nitrogens is 2. The van der Waals surface area contributed by atoms with Crippen LogP contribution in [0.1, 0.15) is 21.7 Å². The maximum atomic E-state index is 11.5. The molecule has 0 saturated carbocycles. The van der Waals surface area contributed by atoms with E-state index in [4.69, 9.17) is 0 Å². The molecule has 26 heavy (non-hydrogen) atoms. The predicted octanol–water partition coefficient (Wildman–Crippen LogP) is 4.76. The zero-order chi connectivity index (χ0) is 18.1. The molecule has 4 rings (SSSR count). The first-order valence-corrected chi connectivity index (χ1v) is 8.47.